The number of rotatable bonds is 6. The standard InChI is InChI=1S/C30H25N5O2S/c1-4-37-25-14-13-21(16-20(25)3)27-23(18-34(32-27)24-11-6-5-7-12-24)17-26-29(36)35-30(38-26)31-28(33-35)22-10-8-9-19(2)15-22/h5-18H,4H2,1-3H3/b26-17-. The number of hydrogen-bond acceptors (Lipinski definition) is 6. The molecular weight excluding hydrogens is 494 g/mol. The van der Waals surface area contributed by atoms with Crippen molar-refractivity contribution in [2.24, 2.45) is 0 Å². The molecule has 0 bridgehead atoms. The van der Waals surface area contributed by atoms with E-state index in [1.54, 1.807) is 0 Å². The van der Waals surface area contributed by atoms with Crippen molar-refractivity contribution in [3.8, 4) is 34.1 Å². The second-order valence-corrected chi connectivity index (χ2v) is 10.1. The molecule has 3 aromatic heterocycles. The molecule has 0 spiro atoms. The largest absolute Gasteiger partial charge is 0.494 e. The fourth-order valence-corrected chi connectivity index (χ4v) is 5.32. The van der Waals surface area contributed by atoms with E-state index in [4.69, 9.17) is 9.84 Å². The highest BCUT2D eigenvalue weighted by Gasteiger charge is 2.16. The smallest absolute Gasteiger partial charge is 0.291 e. The number of benzene rings is 3. The van der Waals surface area contributed by atoms with E-state index >= 15 is 0 Å². The number of ether oxygens (including phenoxy) is 1. The maximum atomic E-state index is 13.3. The minimum absolute atomic E-state index is 0.197. The summed E-state index contributed by atoms with van der Waals surface area (Å²) >= 11 is 1.32. The Balaban J connectivity index is 1.48. The van der Waals surface area contributed by atoms with Gasteiger partial charge in [0.25, 0.3) is 5.56 Å². The molecule has 38 heavy (non-hydrogen) atoms. The quantitative estimate of drug-likeness (QED) is 0.301. The van der Waals surface area contributed by atoms with Crippen LogP contribution in [0.4, 0.5) is 0 Å². The van der Waals surface area contributed by atoms with Crippen LogP contribution in [0.2, 0.25) is 0 Å². The van der Waals surface area contributed by atoms with Gasteiger partial charge in [0.2, 0.25) is 4.96 Å². The van der Waals surface area contributed by atoms with Gasteiger partial charge in [-0.2, -0.15) is 14.6 Å². The minimum Gasteiger partial charge on any atom is -0.494 e. The number of para-hydroxylation sites is 1. The Morgan fingerprint density at radius 2 is 1.79 bits per heavy atom. The summed E-state index contributed by atoms with van der Waals surface area (Å²) in [5, 5.41) is 9.41. The van der Waals surface area contributed by atoms with Crippen LogP contribution in [0, 0.1) is 13.8 Å². The van der Waals surface area contributed by atoms with E-state index in [9.17, 15) is 4.79 Å². The van der Waals surface area contributed by atoms with Crippen molar-refractivity contribution in [1.82, 2.24) is 24.4 Å². The molecule has 3 heterocycles. The highest BCUT2D eigenvalue weighted by Crippen LogP contribution is 2.29. The molecule has 188 valence electrons. The molecule has 0 saturated heterocycles. The third-order valence-electron chi connectivity index (χ3n) is 6.26. The molecular formula is C30H25N5O2S. The van der Waals surface area contributed by atoms with E-state index in [-0.39, 0.29) is 5.56 Å². The Hall–Kier alpha value is -4.56. The lowest BCUT2D eigenvalue weighted by Crippen LogP contribution is -2.23. The molecule has 0 aliphatic carbocycles. The van der Waals surface area contributed by atoms with Gasteiger partial charge < -0.3 is 4.74 Å². The molecule has 0 atom stereocenters. The Morgan fingerprint density at radius 1 is 0.947 bits per heavy atom. The SMILES string of the molecule is CCOc1ccc(-c2nn(-c3ccccc3)cc2/C=c2\sc3nc(-c4cccc(C)c4)nn3c2=O)cc1C. The molecule has 0 radical (unpaired) electrons. The first-order chi connectivity index (χ1) is 18.5. The van der Waals surface area contributed by atoms with Crippen LogP contribution in [0.3, 0.4) is 0 Å². The molecule has 0 aliphatic heterocycles. The fraction of sp³-hybridized carbons (Fsp3) is 0.133. The van der Waals surface area contributed by atoms with Gasteiger partial charge >= 0.3 is 0 Å². The van der Waals surface area contributed by atoms with Gasteiger partial charge in [-0.1, -0.05) is 53.3 Å². The van der Waals surface area contributed by atoms with Gasteiger partial charge in [-0.05, 0) is 68.8 Å². The number of fused-ring (bicyclic) bond motifs is 1. The van der Waals surface area contributed by atoms with Crippen molar-refractivity contribution in [1.29, 1.82) is 0 Å². The zero-order valence-electron chi connectivity index (χ0n) is 21.3. The van der Waals surface area contributed by atoms with Crippen LogP contribution in [0.15, 0.2) is 83.8 Å². The van der Waals surface area contributed by atoms with E-state index in [0.717, 1.165) is 44.9 Å². The van der Waals surface area contributed by atoms with Crippen LogP contribution in [0.1, 0.15) is 23.6 Å². The topological polar surface area (TPSA) is 74.3 Å². The Kier molecular flexibility index (Phi) is 6.09. The van der Waals surface area contributed by atoms with Crippen molar-refractivity contribution in [2.75, 3.05) is 6.61 Å². The molecule has 0 fully saturated rings. The van der Waals surface area contributed by atoms with Crippen LogP contribution in [0.25, 0.3) is 39.4 Å². The van der Waals surface area contributed by atoms with E-state index in [0.29, 0.717) is 21.9 Å². The molecule has 6 aromatic rings. The molecule has 3 aromatic carbocycles. The van der Waals surface area contributed by atoms with Gasteiger partial charge in [0.05, 0.1) is 16.8 Å². The fourth-order valence-electron chi connectivity index (χ4n) is 4.43. The lowest BCUT2D eigenvalue weighted by molar-refractivity contribution is 0.338. The molecule has 0 N–H and O–H groups in total. The monoisotopic (exact) mass is 519 g/mol. The van der Waals surface area contributed by atoms with Crippen molar-refractivity contribution >= 4 is 22.4 Å². The number of aromatic nitrogens is 5. The summed E-state index contributed by atoms with van der Waals surface area (Å²) in [6, 6.07) is 23.9. The summed E-state index contributed by atoms with van der Waals surface area (Å²) in [6.07, 6.45) is 3.83. The normalized spacial score (nSPS) is 11.9. The van der Waals surface area contributed by atoms with E-state index < -0.39 is 0 Å². The van der Waals surface area contributed by atoms with E-state index in [1.807, 2.05) is 104 Å². The third-order valence-corrected chi connectivity index (χ3v) is 7.22. The third kappa shape index (κ3) is 4.39. The van der Waals surface area contributed by atoms with Crippen LogP contribution >= 0.6 is 11.3 Å². The first-order valence-corrected chi connectivity index (χ1v) is 13.2. The van der Waals surface area contributed by atoms with Crippen LogP contribution in [-0.4, -0.2) is 31.0 Å². The number of thiazole rings is 1. The summed E-state index contributed by atoms with van der Waals surface area (Å²) in [7, 11) is 0. The van der Waals surface area contributed by atoms with Gasteiger partial charge in [0.15, 0.2) is 5.82 Å². The Bertz CT molecular complexity index is 1890. The van der Waals surface area contributed by atoms with Crippen LogP contribution in [0.5, 0.6) is 5.75 Å². The lowest BCUT2D eigenvalue weighted by atomic mass is 10.0. The number of nitrogens with zero attached hydrogens (tertiary/aromatic N) is 5. The zero-order chi connectivity index (χ0) is 26.2. The Morgan fingerprint density at radius 3 is 2.53 bits per heavy atom. The average molecular weight is 520 g/mol. The molecule has 0 unspecified atom stereocenters. The second-order valence-electron chi connectivity index (χ2n) is 9.04. The van der Waals surface area contributed by atoms with Gasteiger partial charge in [0.1, 0.15) is 11.4 Å². The predicted octanol–water partition coefficient (Wildman–Crippen LogP) is 5.23. The number of hydrogen-bond donors (Lipinski definition) is 0. The maximum Gasteiger partial charge on any atom is 0.291 e. The van der Waals surface area contributed by atoms with Crippen molar-refractivity contribution < 1.29 is 4.74 Å². The highest BCUT2D eigenvalue weighted by atomic mass is 32.1. The van der Waals surface area contributed by atoms with Crippen molar-refractivity contribution in [3.05, 3.63) is 111 Å². The summed E-state index contributed by atoms with van der Waals surface area (Å²) in [5.41, 5.74) is 6.32. The summed E-state index contributed by atoms with van der Waals surface area (Å²) in [4.78, 5) is 18.5. The summed E-state index contributed by atoms with van der Waals surface area (Å²) in [5.74, 6) is 1.40. The summed E-state index contributed by atoms with van der Waals surface area (Å²) in [6.45, 7) is 6.62. The minimum atomic E-state index is -0.197. The zero-order valence-corrected chi connectivity index (χ0v) is 22.1. The predicted molar refractivity (Wildman–Crippen MR) is 151 cm³/mol. The number of aryl methyl sites for hydroxylation is 2. The molecule has 0 saturated carbocycles. The maximum absolute atomic E-state index is 13.3. The van der Waals surface area contributed by atoms with Gasteiger partial charge in [0, 0.05) is 22.9 Å². The van der Waals surface area contributed by atoms with E-state index in [2.05, 4.69) is 16.1 Å². The van der Waals surface area contributed by atoms with E-state index in [1.165, 1.54) is 15.9 Å². The first kappa shape index (κ1) is 23.8. The molecule has 7 nitrogen and oxygen atoms in total. The van der Waals surface area contributed by atoms with Crippen LogP contribution < -0.4 is 14.8 Å². The average Bonchev–Trinajstić information content (AvgIpc) is 3.61. The second kappa shape index (κ2) is 9.72. The lowest BCUT2D eigenvalue weighted by Gasteiger charge is -2.08. The molecule has 0 amide bonds. The Labute approximate surface area is 223 Å². The molecule has 6 rings (SSSR count). The first-order valence-electron chi connectivity index (χ1n) is 12.4. The van der Waals surface area contributed by atoms with Crippen molar-refractivity contribution in [2.45, 2.75) is 20.8 Å². The highest BCUT2D eigenvalue weighted by molar-refractivity contribution is 7.15. The summed E-state index contributed by atoms with van der Waals surface area (Å²) < 4.78 is 9.50. The van der Waals surface area contributed by atoms with Crippen LogP contribution in [-0.2, 0) is 0 Å². The van der Waals surface area contributed by atoms with Gasteiger partial charge in [-0.15, -0.1) is 5.10 Å². The van der Waals surface area contributed by atoms with Gasteiger partial charge in [-0.25, -0.2) is 4.68 Å². The molecule has 0 aliphatic rings. The van der Waals surface area contributed by atoms with Crippen molar-refractivity contribution in [3.63, 3.8) is 0 Å². The van der Waals surface area contributed by atoms with Gasteiger partial charge in [-0.3, -0.25) is 4.79 Å². The molecule has 8 heteroatoms.